The molecule has 1 saturated heterocycles. The maximum absolute atomic E-state index is 13.1. The molecule has 5 heterocycles. The van der Waals surface area contributed by atoms with Gasteiger partial charge in [0.2, 0.25) is 24.0 Å². The van der Waals surface area contributed by atoms with Crippen molar-refractivity contribution in [3.05, 3.63) is 100 Å². The van der Waals surface area contributed by atoms with Crippen LogP contribution in [0.2, 0.25) is 0 Å². The molecule has 1 aliphatic heterocycles. The first kappa shape index (κ1) is 79.8. The first-order valence-electron chi connectivity index (χ1n) is 25.2. The lowest BCUT2D eigenvalue weighted by Gasteiger charge is -2.31. The smallest absolute Gasteiger partial charge is 0.447 e. The van der Waals surface area contributed by atoms with Crippen LogP contribution in [0.3, 0.4) is 0 Å². The number of anilines is 4. The van der Waals surface area contributed by atoms with Crippen molar-refractivity contribution in [3.8, 4) is 0 Å². The molecule has 1 fully saturated rings. The van der Waals surface area contributed by atoms with E-state index in [4.69, 9.17) is 68.8 Å². The highest BCUT2D eigenvalue weighted by atomic mass is 31.2. The molecular formula is C48H84N10O19P4. The molecule has 33 heteroatoms. The van der Waals surface area contributed by atoms with Crippen molar-refractivity contribution in [2.24, 2.45) is 10.2 Å². The summed E-state index contributed by atoms with van der Waals surface area (Å²) in [5, 5.41) is 19.9. The van der Waals surface area contributed by atoms with Crippen LogP contribution in [-0.2, 0) is 55.6 Å². The van der Waals surface area contributed by atoms with Gasteiger partial charge in [-0.2, -0.15) is 14.7 Å². The maximum atomic E-state index is 13.1. The molecular weight excluding hydrogens is 1140 g/mol. The van der Waals surface area contributed by atoms with E-state index in [1.807, 2.05) is 32.0 Å². The van der Waals surface area contributed by atoms with Gasteiger partial charge in [0.1, 0.15) is 23.3 Å². The van der Waals surface area contributed by atoms with Gasteiger partial charge >= 0.3 is 35.0 Å². The molecule has 2 unspecified atom stereocenters. The second-order valence-corrected chi connectivity index (χ2v) is 24.7. The monoisotopic (exact) mass is 1230 g/mol. The Hall–Kier alpha value is -5.43. The number of aliphatic hydroxyl groups excluding tert-OH is 1. The number of aromatic amines is 1. The number of H-pyrrole nitrogens is 1. The molecule has 0 aromatic carbocycles. The van der Waals surface area contributed by atoms with Gasteiger partial charge in [-0.15, -0.1) is 0 Å². The van der Waals surface area contributed by atoms with E-state index < -0.39 is 47.3 Å². The number of unbranched alkanes of at least 4 members (excludes halogenated alkanes) is 3. The predicted octanol–water partition coefficient (Wildman–Crippen LogP) is 8.29. The van der Waals surface area contributed by atoms with E-state index in [2.05, 4.69) is 52.5 Å². The minimum atomic E-state index is -4.99. The van der Waals surface area contributed by atoms with Crippen LogP contribution in [0.25, 0.3) is 0 Å². The van der Waals surface area contributed by atoms with Crippen molar-refractivity contribution in [1.82, 2.24) is 19.9 Å². The number of hydrogen-bond acceptors (Lipinski definition) is 23. The molecule has 0 saturated carbocycles. The van der Waals surface area contributed by atoms with Crippen molar-refractivity contribution in [3.63, 3.8) is 0 Å². The maximum Gasteiger partial charge on any atom is 0.452 e. The van der Waals surface area contributed by atoms with E-state index in [0.717, 1.165) is 44.2 Å². The van der Waals surface area contributed by atoms with Crippen LogP contribution in [0.5, 0.6) is 0 Å². The van der Waals surface area contributed by atoms with Crippen LogP contribution in [0.4, 0.5) is 28.1 Å². The molecule has 0 bridgehead atoms. The summed E-state index contributed by atoms with van der Waals surface area (Å²) in [6.45, 7) is 22.5. The molecule has 4 aromatic rings. The number of nitrogen functional groups attached to an aromatic ring is 2. The zero-order chi connectivity index (χ0) is 62.3. The Morgan fingerprint density at radius 2 is 1.12 bits per heavy atom. The number of aryl methyl sites for hydroxylation is 3. The largest absolute Gasteiger partial charge is 0.452 e. The topological polar surface area (TPSA) is 448 Å². The first-order chi connectivity index (χ1) is 38.1. The number of aliphatic hydroxyl groups is 1. The number of carbonyl (C=O) groups excluding carboxylic acids is 3. The number of rotatable bonds is 20. The molecule has 0 radical (unpaired) electrons. The third-order valence-electron chi connectivity index (χ3n) is 8.73. The van der Waals surface area contributed by atoms with Crippen molar-refractivity contribution in [1.29, 1.82) is 0 Å². The molecule has 81 heavy (non-hydrogen) atoms. The SMILES string of the molecule is C1COCCO1.CCCCCCO.CCN=NC(=O)OCC.CCOP(C)(=O)C(Nc1cccc(C)n1)P(=O)(OCC)OCC.Cc1cccc(N)n1.Cc1cccc(NC(P(=O)(O)O)P(=O)(O)O)n1.Nc1cccc(=O)[nH]1.O=C=O. The molecule has 5 rings (SSSR count). The lowest BCUT2D eigenvalue weighted by molar-refractivity contribution is -0.191. The van der Waals surface area contributed by atoms with Crippen LogP contribution in [0, 0.1) is 20.8 Å². The normalized spacial score (nSPS) is 12.8. The van der Waals surface area contributed by atoms with Crippen LogP contribution in [0.1, 0.15) is 84.3 Å². The van der Waals surface area contributed by atoms with Crippen LogP contribution < -0.4 is 27.7 Å². The van der Waals surface area contributed by atoms with Crippen LogP contribution in [-0.4, -0.2) is 141 Å². The van der Waals surface area contributed by atoms with Gasteiger partial charge in [-0.05, 0) is 104 Å². The molecule has 2 atom stereocenters. The highest BCUT2D eigenvalue weighted by Gasteiger charge is 2.47. The summed E-state index contributed by atoms with van der Waals surface area (Å²) in [6.07, 6.45) is 4.32. The number of nitrogens with zero attached hydrogens (tertiary/aromatic N) is 5. The quantitative estimate of drug-likeness (QED) is 0.0226. The zero-order valence-electron chi connectivity index (χ0n) is 47.6. The highest BCUT2D eigenvalue weighted by molar-refractivity contribution is 7.75. The average Bonchev–Trinajstić information content (AvgIpc) is 3.38. The number of aromatic nitrogens is 4. The second kappa shape index (κ2) is 47.1. The van der Waals surface area contributed by atoms with Gasteiger partial charge in [0.05, 0.1) is 59.4 Å². The summed E-state index contributed by atoms with van der Waals surface area (Å²) in [6, 6.07) is 20.1. The number of nitrogens with two attached hydrogens (primary N) is 2. The lowest BCUT2D eigenvalue weighted by Crippen LogP contribution is -2.24. The highest BCUT2D eigenvalue weighted by Crippen LogP contribution is 2.68. The predicted molar refractivity (Wildman–Crippen MR) is 308 cm³/mol. The summed E-state index contributed by atoms with van der Waals surface area (Å²) < 4.78 is 78.5. The fourth-order valence-electron chi connectivity index (χ4n) is 5.48. The standard InChI is InChI=1S/C14H26N2O5P2.C7H12N2O6P2.C6H8N2.C6H14O.C5H10N2O2.C5H6N2O.C4H8O2.CO2/c1-6-19-22(5,17)14(23(18,20-7-2)21-8-3)16-13-11-9-10-12(4)15-13;1-5-3-2-4-6(8-5)9-7(16(10,11)12)17(13,14)15;1-5-3-2-4-6(7)8-5;1-2-3-4-5-6-7;1-3-6-7-5(8)9-4-2;6-4-2-1-3-5(8)7-4;1-2-6-4-3-5-1;2-1-3/h9-11,14H,6-8H2,1-5H3,(H,15,16);2-4,7H,1H3,(H,8,9)(H2,10,11,12)(H2,13,14,15);2-4H,1H3,(H2,7,8);7H,2-6H2,1H3;3-4H2,1-2H3;1-3H,(H3,6,7,8);1-4H2;. The summed E-state index contributed by atoms with van der Waals surface area (Å²) in [7, 11) is -17.0. The lowest BCUT2D eigenvalue weighted by atomic mass is 10.2. The Bertz CT molecular complexity index is 2550. The Balaban J connectivity index is -0.000000920. The average molecular weight is 1230 g/mol. The van der Waals surface area contributed by atoms with Gasteiger partial charge in [0.25, 0.3) is 0 Å². The van der Waals surface area contributed by atoms with Gasteiger partial charge in [0, 0.05) is 36.4 Å². The van der Waals surface area contributed by atoms with Gasteiger partial charge in [-0.25, -0.2) is 19.7 Å². The molecule has 4 aromatic heterocycles. The summed E-state index contributed by atoms with van der Waals surface area (Å²) in [4.78, 5) is 86.9. The third kappa shape index (κ3) is 43.0. The van der Waals surface area contributed by atoms with Crippen LogP contribution in [0.15, 0.2) is 87.8 Å². The number of carbonyl (C=O) groups is 1. The summed E-state index contributed by atoms with van der Waals surface area (Å²) >= 11 is 0. The number of nitrogens with one attached hydrogen (secondary N) is 3. The van der Waals surface area contributed by atoms with Crippen molar-refractivity contribution in [2.75, 3.05) is 94.8 Å². The fourth-order valence-corrected chi connectivity index (χ4v) is 12.7. The Kier molecular flexibility index (Phi) is 46.4. The number of ether oxygens (including phenoxy) is 3. The van der Waals surface area contributed by atoms with E-state index >= 15 is 0 Å². The zero-order valence-corrected chi connectivity index (χ0v) is 51.2. The summed E-state index contributed by atoms with van der Waals surface area (Å²) in [5.41, 5.74) is 9.27. The molecule has 0 aliphatic carbocycles. The third-order valence-corrected chi connectivity index (χ3v) is 17.9. The van der Waals surface area contributed by atoms with Gasteiger partial charge in [-0.3, -0.25) is 23.1 Å². The first-order valence-corrected chi connectivity index (χ1v) is 32.3. The molecule has 1 amide bonds. The van der Waals surface area contributed by atoms with Gasteiger partial charge in [-0.1, -0.05) is 55.6 Å². The van der Waals surface area contributed by atoms with Crippen molar-refractivity contribution >= 4 is 65.7 Å². The van der Waals surface area contributed by atoms with Gasteiger partial charge in [0.15, 0.2) is 0 Å². The van der Waals surface area contributed by atoms with Crippen LogP contribution >= 0.6 is 30.2 Å². The van der Waals surface area contributed by atoms with Gasteiger partial charge < -0.3 is 79.5 Å². The van der Waals surface area contributed by atoms with Crippen molar-refractivity contribution in [2.45, 2.75) is 99.0 Å². The Morgan fingerprint density at radius 3 is 1.44 bits per heavy atom. The number of azo groups is 1. The number of pyridine rings is 4. The molecule has 0 spiro atoms. The van der Waals surface area contributed by atoms with E-state index in [9.17, 15) is 27.8 Å². The minimum absolute atomic E-state index is 0.0124. The Morgan fingerprint density at radius 1 is 0.679 bits per heavy atom. The number of amides is 1. The van der Waals surface area contributed by atoms with E-state index in [0.29, 0.717) is 42.9 Å². The van der Waals surface area contributed by atoms with E-state index in [1.165, 1.54) is 38.1 Å². The van der Waals surface area contributed by atoms with Crippen molar-refractivity contribution < 1.29 is 85.1 Å². The van der Waals surface area contributed by atoms with E-state index in [-0.39, 0.29) is 37.3 Å². The summed E-state index contributed by atoms with van der Waals surface area (Å²) in [5.74, 6) is 1.42. The molecule has 460 valence electrons. The molecule has 12 N–H and O–H groups in total. The number of hydrogen-bond donors (Lipinski definition) is 10. The van der Waals surface area contributed by atoms with E-state index in [1.54, 1.807) is 84.0 Å². The Labute approximate surface area is 473 Å². The minimum Gasteiger partial charge on any atom is -0.447 e. The molecule has 29 nitrogen and oxygen atoms in total. The molecule has 1 aliphatic rings. The second-order valence-electron chi connectivity index (χ2n) is 15.8. The fraction of sp³-hybridized carbons (Fsp3) is 0.542.